The van der Waals surface area contributed by atoms with Gasteiger partial charge < -0.3 is 20.4 Å². The Balaban J connectivity index is 2.21. The highest BCUT2D eigenvalue weighted by atomic mass is 16.4. The molecule has 6 nitrogen and oxygen atoms in total. The first-order valence-electron chi connectivity index (χ1n) is 7.06. The van der Waals surface area contributed by atoms with Crippen molar-refractivity contribution < 1.29 is 19.8 Å². The third kappa shape index (κ3) is 3.33. The Morgan fingerprint density at radius 2 is 2.14 bits per heavy atom. The van der Waals surface area contributed by atoms with E-state index in [1.807, 2.05) is 0 Å². The van der Waals surface area contributed by atoms with Crippen molar-refractivity contribution in [1.82, 2.24) is 4.90 Å². The second-order valence-corrected chi connectivity index (χ2v) is 5.26. The van der Waals surface area contributed by atoms with E-state index in [-0.39, 0.29) is 24.2 Å². The molecule has 2 rings (SSSR count). The van der Waals surface area contributed by atoms with Crippen LogP contribution in [-0.2, 0) is 0 Å². The summed E-state index contributed by atoms with van der Waals surface area (Å²) < 4.78 is 0. The van der Waals surface area contributed by atoms with Crippen LogP contribution in [0.25, 0.3) is 0 Å². The molecule has 1 saturated heterocycles. The molecule has 1 heterocycles. The molecule has 0 bridgehead atoms. The molecule has 0 saturated carbocycles. The first-order chi connectivity index (χ1) is 10.0. The van der Waals surface area contributed by atoms with Gasteiger partial charge in [-0.15, -0.1) is 0 Å². The predicted octanol–water partition coefficient (Wildman–Crippen LogP) is 2.07. The number of rotatable bonds is 3. The summed E-state index contributed by atoms with van der Waals surface area (Å²) in [5.74, 6) is -1.08. The number of likely N-dealkylation sites (tertiary alicyclic amines) is 1. The molecule has 2 amide bonds. The van der Waals surface area contributed by atoms with Crippen LogP contribution in [0.3, 0.4) is 0 Å². The maximum atomic E-state index is 12.4. The fraction of sp³-hybridized carbons (Fsp3) is 0.467. The minimum atomic E-state index is -1.08. The van der Waals surface area contributed by atoms with E-state index >= 15 is 0 Å². The van der Waals surface area contributed by atoms with Crippen LogP contribution in [0.2, 0.25) is 0 Å². The van der Waals surface area contributed by atoms with Crippen molar-refractivity contribution >= 4 is 17.7 Å². The Bertz CT molecular complexity index is 544. The van der Waals surface area contributed by atoms with Crippen molar-refractivity contribution in [3.63, 3.8) is 0 Å². The maximum Gasteiger partial charge on any atom is 0.337 e. The zero-order chi connectivity index (χ0) is 15.4. The lowest BCUT2D eigenvalue weighted by Gasteiger charge is -2.34. The van der Waals surface area contributed by atoms with Gasteiger partial charge in [-0.3, -0.25) is 0 Å². The number of nitrogens with one attached hydrogen (secondary N) is 1. The second-order valence-electron chi connectivity index (χ2n) is 5.26. The number of amides is 2. The zero-order valence-electron chi connectivity index (χ0n) is 12.0. The molecule has 0 spiro atoms. The van der Waals surface area contributed by atoms with E-state index in [1.54, 1.807) is 24.0 Å². The van der Waals surface area contributed by atoms with E-state index in [0.29, 0.717) is 17.8 Å². The summed E-state index contributed by atoms with van der Waals surface area (Å²) in [4.78, 5) is 25.2. The number of aromatic carboxylic acids is 1. The van der Waals surface area contributed by atoms with E-state index < -0.39 is 5.97 Å². The quantitative estimate of drug-likeness (QED) is 0.795. The molecule has 1 unspecified atom stereocenters. The van der Waals surface area contributed by atoms with Gasteiger partial charge >= 0.3 is 12.0 Å². The van der Waals surface area contributed by atoms with E-state index in [4.69, 9.17) is 0 Å². The monoisotopic (exact) mass is 292 g/mol. The highest BCUT2D eigenvalue weighted by Gasteiger charge is 2.27. The first-order valence-corrected chi connectivity index (χ1v) is 7.06. The minimum absolute atomic E-state index is 0.0703. The SMILES string of the molecule is Cc1cccc(C(=O)O)c1NC(=O)N1CCCCC1CO. The van der Waals surface area contributed by atoms with Crippen molar-refractivity contribution in [3.05, 3.63) is 29.3 Å². The van der Waals surface area contributed by atoms with Gasteiger partial charge in [0.25, 0.3) is 0 Å². The fourth-order valence-electron chi connectivity index (χ4n) is 2.65. The molecule has 1 atom stereocenters. The van der Waals surface area contributed by atoms with Gasteiger partial charge in [-0.1, -0.05) is 12.1 Å². The minimum Gasteiger partial charge on any atom is -0.478 e. The number of anilines is 1. The Labute approximate surface area is 123 Å². The van der Waals surface area contributed by atoms with Gasteiger partial charge in [0, 0.05) is 6.54 Å². The summed E-state index contributed by atoms with van der Waals surface area (Å²) in [5.41, 5.74) is 1.08. The number of benzene rings is 1. The van der Waals surface area contributed by atoms with E-state index in [2.05, 4.69) is 5.32 Å². The molecular formula is C15H20N2O4. The highest BCUT2D eigenvalue weighted by Crippen LogP contribution is 2.23. The third-order valence-corrected chi connectivity index (χ3v) is 3.83. The number of para-hydroxylation sites is 1. The molecule has 3 N–H and O–H groups in total. The number of carbonyl (C=O) groups excluding carboxylic acids is 1. The predicted molar refractivity (Wildman–Crippen MR) is 78.6 cm³/mol. The number of hydrogen-bond donors (Lipinski definition) is 3. The summed E-state index contributed by atoms with van der Waals surface area (Å²) in [5, 5.41) is 21.3. The lowest BCUT2D eigenvalue weighted by molar-refractivity contribution is 0.0698. The van der Waals surface area contributed by atoms with Crippen LogP contribution in [0.1, 0.15) is 35.2 Å². The van der Waals surface area contributed by atoms with Crippen molar-refractivity contribution in [2.45, 2.75) is 32.2 Å². The number of aliphatic hydroxyl groups is 1. The molecule has 0 aromatic heterocycles. The van der Waals surface area contributed by atoms with Crippen LogP contribution in [0.4, 0.5) is 10.5 Å². The molecule has 0 aliphatic carbocycles. The smallest absolute Gasteiger partial charge is 0.337 e. The van der Waals surface area contributed by atoms with Crippen LogP contribution in [-0.4, -0.2) is 46.3 Å². The second kappa shape index (κ2) is 6.58. The zero-order valence-corrected chi connectivity index (χ0v) is 12.0. The van der Waals surface area contributed by atoms with Gasteiger partial charge in [0.05, 0.1) is 23.9 Å². The lowest BCUT2D eigenvalue weighted by Crippen LogP contribution is -2.47. The number of piperidine rings is 1. The van der Waals surface area contributed by atoms with E-state index in [0.717, 1.165) is 19.3 Å². The Hall–Kier alpha value is -2.08. The van der Waals surface area contributed by atoms with Gasteiger partial charge in [0.2, 0.25) is 0 Å². The number of carboxylic acid groups (broad SMARTS) is 1. The molecule has 1 aliphatic heterocycles. The standard InChI is InChI=1S/C15H20N2O4/c1-10-5-4-7-12(14(19)20)13(10)16-15(21)17-8-3-2-6-11(17)9-18/h4-5,7,11,18H,2-3,6,8-9H2,1H3,(H,16,21)(H,19,20). The van der Waals surface area contributed by atoms with Crippen molar-refractivity contribution in [2.75, 3.05) is 18.5 Å². The van der Waals surface area contributed by atoms with E-state index in [9.17, 15) is 19.8 Å². The highest BCUT2D eigenvalue weighted by molar-refractivity contribution is 6.01. The van der Waals surface area contributed by atoms with Crippen LogP contribution in [0.5, 0.6) is 0 Å². The summed E-state index contributed by atoms with van der Waals surface area (Å²) in [6.07, 6.45) is 2.65. The molecule has 1 fully saturated rings. The van der Waals surface area contributed by atoms with Crippen molar-refractivity contribution in [1.29, 1.82) is 0 Å². The molecular weight excluding hydrogens is 272 g/mol. The number of aliphatic hydroxyl groups excluding tert-OH is 1. The Morgan fingerprint density at radius 3 is 2.81 bits per heavy atom. The average Bonchev–Trinajstić information content (AvgIpc) is 2.48. The number of nitrogens with zero attached hydrogens (tertiary/aromatic N) is 1. The molecule has 0 radical (unpaired) electrons. The summed E-state index contributed by atoms with van der Waals surface area (Å²) >= 11 is 0. The first kappa shape index (κ1) is 15.3. The molecule has 114 valence electrons. The molecule has 21 heavy (non-hydrogen) atoms. The van der Waals surface area contributed by atoms with Crippen LogP contribution < -0.4 is 5.32 Å². The molecule has 6 heteroatoms. The van der Waals surface area contributed by atoms with Crippen molar-refractivity contribution in [2.24, 2.45) is 0 Å². The number of carboxylic acids is 1. The Kier molecular flexibility index (Phi) is 4.80. The largest absolute Gasteiger partial charge is 0.478 e. The summed E-state index contributed by atoms with van der Waals surface area (Å²) in [6.45, 7) is 2.25. The summed E-state index contributed by atoms with van der Waals surface area (Å²) in [6, 6.07) is 4.31. The topological polar surface area (TPSA) is 89.9 Å². The lowest BCUT2D eigenvalue weighted by atomic mass is 10.0. The van der Waals surface area contributed by atoms with Gasteiger partial charge in [-0.05, 0) is 37.8 Å². The van der Waals surface area contributed by atoms with Gasteiger partial charge in [0.15, 0.2) is 0 Å². The molecule has 1 aromatic carbocycles. The van der Waals surface area contributed by atoms with Crippen LogP contribution in [0.15, 0.2) is 18.2 Å². The fourth-order valence-corrected chi connectivity index (χ4v) is 2.65. The molecule has 1 aromatic rings. The average molecular weight is 292 g/mol. The van der Waals surface area contributed by atoms with Gasteiger partial charge in [0.1, 0.15) is 0 Å². The third-order valence-electron chi connectivity index (χ3n) is 3.83. The number of carbonyl (C=O) groups is 2. The number of aryl methyl sites for hydroxylation is 1. The molecule has 1 aliphatic rings. The van der Waals surface area contributed by atoms with Crippen LogP contribution in [0, 0.1) is 6.92 Å². The maximum absolute atomic E-state index is 12.4. The normalized spacial score (nSPS) is 18.4. The van der Waals surface area contributed by atoms with E-state index in [1.165, 1.54) is 6.07 Å². The van der Waals surface area contributed by atoms with Gasteiger partial charge in [-0.25, -0.2) is 9.59 Å². The van der Waals surface area contributed by atoms with Crippen LogP contribution >= 0.6 is 0 Å². The summed E-state index contributed by atoms with van der Waals surface area (Å²) in [7, 11) is 0. The number of urea groups is 1. The Morgan fingerprint density at radius 1 is 1.38 bits per heavy atom. The number of hydrogen-bond acceptors (Lipinski definition) is 3. The van der Waals surface area contributed by atoms with Gasteiger partial charge in [-0.2, -0.15) is 0 Å². The van der Waals surface area contributed by atoms with Crippen molar-refractivity contribution in [3.8, 4) is 0 Å².